The zero-order valence-electron chi connectivity index (χ0n) is 20.8. The molecule has 190 valence electrons. The number of fused-ring (bicyclic) bond motifs is 1. The molecule has 2 atom stereocenters. The monoisotopic (exact) mass is 555 g/mol. The van der Waals surface area contributed by atoms with E-state index in [-0.39, 0.29) is 11.5 Å². The molecule has 1 heterocycles. The van der Waals surface area contributed by atoms with Crippen molar-refractivity contribution in [3.05, 3.63) is 74.8 Å². The minimum atomic E-state index is -1.08. The maximum absolute atomic E-state index is 13.4. The SMILES string of the molecule is C=CCc1cc(C=Nn2c([C@H](C)CC)nc3ccc(Br)cc3c2=O)cc(OCC)c1O[C@H](C)C(=O)O. The van der Waals surface area contributed by atoms with Gasteiger partial charge in [0.05, 0.1) is 23.7 Å². The normalized spacial score (nSPS) is 13.0. The Morgan fingerprint density at radius 1 is 1.28 bits per heavy atom. The van der Waals surface area contributed by atoms with Crippen LogP contribution in [0.5, 0.6) is 11.5 Å². The summed E-state index contributed by atoms with van der Waals surface area (Å²) in [5.41, 5.74) is 1.70. The average molecular weight is 556 g/mol. The smallest absolute Gasteiger partial charge is 0.344 e. The summed E-state index contributed by atoms with van der Waals surface area (Å²) >= 11 is 3.42. The Morgan fingerprint density at radius 3 is 2.67 bits per heavy atom. The number of allylic oxidation sites excluding steroid dienone is 1. The number of carboxylic acids is 1. The molecule has 0 aliphatic rings. The van der Waals surface area contributed by atoms with Crippen molar-refractivity contribution in [1.29, 1.82) is 0 Å². The zero-order chi connectivity index (χ0) is 26.4. The number of hydrogen-bond donors (Lipinski definition) is 1. The molecule has 0 fully saturated rings. The Bertz CT molecular complexity index is 1370. The van der Waals surface area contributed by atoms with Gasteiger partial charge in [-0.15, -0.1) is 6.58 Å². The molecule has 0 amide bonds. The molecule has 1 aromatic heterocycles. The van der Waals surface area contributed by atoms with E-state index in [1.54, 1.807) is 24.4 Å². The third-order valence-electron chi connectivity index (χ3n) is 5.67. The van der Waals surface area contributed by atoms with Gasteiger partial charge in [-0.3, -0.25) is 4.79 Å². The maximum atomic E-state index is 13.4. The number of aromatic nitrogens is 2. The molecule has 0 saturated carbocycles. The predicted molar refractivity (Wildman–Crippen MR) is 145 cm³/mol. The van der Waals surface area contributed by atoms with Crippen LogP contribution in [0.2, 0.25) is 0 Å². The number of nitrogens with zero attached hydrogens (tertiary/aromatic N) is 3. The van der Waals surface area contributed by atoms with E-state index in [2.05, 4.69) is 27.6 Å². The first-order chi connectivity index (χ1) is 17.2. The number of ether oxygens (including phenoxy) is 2. The topological polar surface area (TPSA) is 103 Å². The lowest BCUT2D eigenvalue weighted by molar-refractivity contribution is -0.144. The summed E-state index contributed by atoms with van der Waals surface area (Å²) in [7, 11) is 0. The molecular weight excluding hydrogens is 526 g/mol. The molecule has 3 rings (SSSR count). The van der Waals surface area contributed by atoms with Crippen LogP contribution in [0.15, 0.2) is 57.4 Å². The standard InChI is InChI=1S/C27H30BrN3O5/c1-6-9-19-12-18(13-23(35-8-3)24(19)36-17(5)27(33)34)15-29-31-25(16(4)7-2)30-22-11-10-20(28)14-21(22)26(31)32/h6,10-17H,1,7-9H2,2-5H3,(H,33,34)/t16-,17-/m1/s1. The van der Waals surface area contributed by atoms with Crippen molar-refractivity contribution < 1.29 is 19.4 Å². The Balaban J connectivity index is 2.16. The molecule has 0 aliphatic carbocycles. The molecule has 1 N–H and O–H groups in total. The van der Waals surface area contributed by atoms with Crippen molar-refractivity contribution in [2.45, 2.75) is 52.6 Å². The van der Waals surface area contributed by atoms with E-state index in [4.69, 9.17) is 14.5 Å². The van der Waals surface area contributed by atoms with E-state index in [1.165, 1.54) is 11.6 Å². The lowest BCUT2D eigenvalue weighted by atomic mass is 10.1. The van der Waals surface area contributed by atoms with Gasteiger partial charge < -0.3 is 14.6 Å². The largest absolute Gasteiger partial charge is 0.490 e. The van der Waals surface area contributed by atoms with Gasteiger partial charge in [0.1, 0.15) is 5.82 Å². The Hall–Kier alpha value is -3.46. The van der Waals surface area contributed by atoms with Crippen LogP contribution < -0.4 is 15.0 Å². The van der Waals surface area contributed by atoms with Crippen molar-refractivity contribution in [3.63, 3.8) is 0 Å². The van der Waals surface area contributed by atoms with Gasteiger partial charge in [-0.25, -0.2) is 9.78 Å². The first-order valence-electron chi connectivity index (χ1n) is 11.8. The number of halogens is 1. The lowest BCUT2D eigenvalue weighted by Gasteiger charge is -2.19. The van der Waals surface area contributed by atoms with E-state index in [9.17, 15) is 14.7 Å². The molecule has 0 spiro atoms. The van der Waals surface area contributed by atoms with E-state index >= 15 is 0 Å². The quantitative estimate of drug-likeness (QED) is 0.246. The summed E-state index contributed by atoms with van der Waals surface area (Å²) in [6, 6.07) is 8.93. The second kappa shape index (κ2) is 12.0. The molecule has 0 radical (unpaired) electrons. The lowest BCUT2D eigenvalue weighted by Crippen LogP contribution is -2.24. The minimum Gasteiger partial charge on any atom is -0.490 e. The maximum Gasteiger partial charge on any atom is 0.344 e. The number of benzene rings is 2. The highest BCUT2D eigenvalue weighted by atomic mass is 79.9. The summed E-state index contributed by atoms with van der Waals surface area (Å²) in [6.45, 7) is 11.5. The molecule has 0 aliphatic heterocycles. The molecule has 2 aromatic carbocycles. The molecule has 9 heteroatoms. The molecule has 0 bridgehead atoms. The first kappa shape index (κ1) is 27.1. The number of hydrogen-bond acceptors (Lipinski definition) is 6. The summed E-state index contributed by atoms with van der Waals surface area (Å²) in [4.78, 5) is 29.5. The summed E-state index contributed by atoms with van der Waals surface area (Å²) in [5.74, 6) is 0.228. The van der Waals surface area contributed by atoms with Gasteiger partial charge in [0.25, 0.3) is 5.56 Å². The summed E-state index contributed by atoms with van der Waals surface area (Å²) in [6.07, 6.45) is 3.41. The van der Waals surface area contributed by atoms with Crippen molar-refractivity contribution in [1.82, 2.24) is 9.66 Å². The molecule has 0 unspecified atom stereocenters. The summed E-state index contributed by atoms with van der Waals surface area (Å²) in [5, 5.41) is 14.3. The van der Waals surface area contributed by atoms with Crippen LogP contribution in [-0.4, -0.2) is 39.7 Å². The van der Waals surface area contributed by atoms with Crippen molar-refractivity contribution >= 4 is 39.0 Å². The van der Waals surface area contributed by atoms with Crippen LogP contribution in [-0.2, 0) is 11.2 Å². The summed E-state index contributed by atoms with van der Waals surface area (Å²) < 4.78 is 13.6. The highest BCUT2D eigenvalue weighted by Crippen LogP contribution is 2.34. The first-order valence-corrected chi connectivity index (χ1v) is 12.6. The van der Waals surface area contributed by atoms with Gasteiger partial charge in [-0.1, -0.05) is 35.9 Å². The fraction of sp³-hybridized carbons (Fsp3) is 0.333. The van der Waals surface area contributed by atoms with Gasteiger partial charge in [-0.05, 0) is 62.6 Å². The number of rotatable bonds is 11. The molecule has 36 heavy (non-hydrogen) atoms. The van der Waals surface area contributed by atoms with E-state index < -0.39 is 12.1 Å². The second-order valence-corrected chi connectivity index (χ2v) is 9.25. The number of carbonyl (C=O) groups is 1. The molecular formula is C27H30BrN3O5. The van der Waals surface area contributed by atoms with Crippen LogP contribution in [0, 0.1) is 0 Å². The van der Waals surface area contributed by atoms with Crippen LogP contribution >= 0.6 is 15.9 Å². The third-order valence-corrected chi connectivity index (χ3v) is 6.16. The van der Waals surface area contributed by atoms with Crippen LogP contribution in [0.3, 0.4) is 0 Å². The molecule has 8 nitrogen and oxygen atoms in total. The Morgan fingerprint density at radius 2 is 2.03 bits per heavy atom. The Labute approximate surface area is 218 Å². The van der Waals surface area contributed by atoms with Gasteiger partial charge in [0.2, 0.25) is 0 Å². The number of aliphatic carboxylic acids is 1. The van der Waals surface area contributed by atoms with Gasteiger partial charge >= 0.3 is 5.97 Å². The second-order valence-electron chi connectivity index (χ2n) is 8.33. The van der Waals surface area contributed by atoms with Gasteiger partial charge in [0, 0.05) is 16.0 Å². The van der Waals surface area contributed by atoms with Gasteiger partial charge in [0.15, 0.2) is 17.6 Å². The minimum absolute atomic E-state index is 0.00601. The number of carboxylic acid groups (broad SMARTS) is 1. The van der Waals surface area contributed by atoms with Crippen molar-refractivity contribution in [3.8, 4) is 11.5 Å². The Kier molecular flexibility index (Phi) is 9.03. The highest BCUT2D eigenvalue weighted by molar-refractivity contribution is 9.10. The molecule has 0 saturated heterocycles. The third kappa shape index (κ3) is 6.02. The van der Waals surface area contributed by atoms with Crippen LogP contribution in [0.1, 0.15) is 57.0 Å². The highest BCUT2D eigenvalue weighted by Gasteiger charge is 2.20. The molecule has 3 aromatic rings. The fourth-order valence-corrected chi connectivity index (χ4v) is 3.95. The van der Waals surface area contributed by atoms with E-state index in [1.807, 2.05) is 39.0 Å². The zero-order valence-corrected chi connectivity index (χ0v) is 22.4. The van der Waals surface area contributed by atoms with Gasteiger partial charge in [-0.2, -0.15) is 9.78 Å². The van der Waals surface area contributed by atoms with Crippen LogP contribution in [0.4, 0.5) is 0 Å². The van der Waals surface area contributed by atoms with E-state index in [0.29, 0.717) is 52.4 Å². The average Bonchev–Trinajstić information content (AvgIpc) is 2.85. The van der Waals surface area contributed by atoms with E-state index in [0.717, 1.165) is 10.9 Å². The van der Waals surface area contributed by atoms with Crippen molar-refractivity contribution in [2.75, 3.05) is 6.61 Å². The van der Waals surface area contributed by atoms with Crippen molar-refractivity contribution in [2.24, 2.45) is 5.10 Å². The van der Waals surface area contributed by atoms with Crippen LogP contribution in [0.25, 0.3) is 10.9 Å². The fourth-order valence-electron chi connectivity index (χ4n) is 3.59. The predicted octanol–water partition coefficient (Wildman–Crippen LogP) is 5.53.